The van der Waals surface area contributed by atoms with Gasteiger partial charge in [-0.15, -0.1) is 0 Å². The van der Waals surface area contributed by atoms with Crippen LogP contribution in [-0.4, -0.2) is 26.0 Å². The molecule has 2 unspecified atom stereocenters. The van der Waals surface area contributed by atoms with Crippen LogP contribution in [-0.2, 0) is 9.84 Å². The third-order valence-electron chi connectivity index (χ3n) is 3.94. The number of benzene rings is 1. The highest BCUT2D eigenvalue weighted by atomic mass is 32.2. The molecule has 3 atom stereocenters. The smallest absolute Gasteiger partial charge is 0.150 e. The third-order valence-corrected chi connectivity index (χ3v) is 5.58. The molecule has 1 fully saturated rings. The summed E-state index contributed by atoms with van der Waals surface area (Å²) in [5.74, 6) is 0.0361. The van der Waals surface area contributed by atoms with Crippen molar-refractivity contribution < 1.29 is 17.5 Å². The van der Waals surface area contributed by atoms with E-state index in [0.29, 0.717) is 18.6 Å². The maximum Gasteiger partial charge on any atom is 0.150 e. The van der Waals surface area contributed by atoms with E-state index in [4.69, 9.17) is 10.5 Å². The largest absolute Gasteiger partial charge is 0.490 e. The van der Waals surface area contributed by atoms with Gasteiger partial charge in [-0.2, -0.15) is 0 Å². The van der Waals surface area contributed by atoms with Crippen LogP contribution in [0.25, 0.3) is 0 Å². The minimum Gasteiger partial charge on any atom is -0.490 e. The van der Waals surface area contributed by atoms with Crippen molar-refractivity contribution in [3.8, 4) is 5.75 Å². The van der Waals surface area contributed by atoms with Gasteiger partial charge in [0, 0.05) is 30.3 Å². The number of nitrogens with two attached hydrogens (primary N) is 1. The van der Waals surface area contributed by atoms with Crippen molar-refractivity contribution in [3.63, 3.8) is 0 Å². The van der Waals surface area contributed by atoms with E-state index in [1.54, 1.807) is 13.0 Å². The van der Waals surface area contributed by atoms with E-state index in [9.17, 15) is 12.8 Å². The van der Waals surface area contributed by atoms with Gasteiger partial charge in [0.15, 0.2) is 0 Å². The van der Waals surface area contributed by atoms with Gasteiger partial charge in [-0.3, -0.25) is 0 Å². The molecule has 0 bridgehead atoms. The Morgan fingerprint density at radius 3 is 2.71 bits per heavy atom. The van der Waals surface area contributed by atoms with Gasteiger partial charge in [0.05, 0.1) is 11.4 Å². The molecule has 2 rings (SSSR count). The second-order valence-electron chi connectivity index (χ2n) is 5.83. The Bertz CT molecular complexity index is 601. The van der Waals surface area contributed by atoms with Crippen LogP contribution in [0.4, 0.5) is 4.39 Å². The standard InChI is InChI=1S/C15H22FNO3S/c1-10(17)14-7-6-11(16)8-15(14)20-12-4-3-5-13(9-12)21(2,18)19/h6-8,10,12-13H,3-5,9,17H2,1-2H3/t10-,12?,13?/m0/s1. The molecule has 1 aliphatic rings. The lowest BCUT2D eigenvalue weighted by Gasteiger charge is -2.29. The summed E-state index contributed by atoms with van der Waals surface area (Å²) in [7, 11) is -3.06. The first-order valence-corrected chi connectivity index (χ1v) is 9.13. The first kappa shape index (κ1) is 16.2. The van der Waals surface area contributed by atoms with Crippen LogP contribution in [0.3, 0.4) is 0 Å². The van der Waals surface area contributed by atoms with E-state index in [0.717, 1.165) is 18.4 Å². The van der Waals surface area contributed by atoms with Crippen molar-refractivity contribution in [2.75, 3.05) is 6.26 Å². The minimum absolute atomic E-state index is 0.210. The summed E-state index contributed by atoms with van der Waals surface area (Å²) in [5, 5.41) is -0.372. The highest BCUT2D eigenvalue weighted by molar-refractivity contribution is 7.91. The van der Waals surface area contributed by atoms with Crippen LogP contribution >= 0.6 is 0 Å². The van der Waals surface area contributed by atoms with E-state index in [-0.39, 0.29) is 23.2 Å². The van der Waals surface area contributed by atoms with Gasteiger partial charge in [0.2, 0.25) is 0 Å². The summed E-state index contributed by atoms with van der Waals surface area (Å²) in [4.78, 5) is 0. The zero-order valence-electron chi connectivity index (χ0n) is 12.4. The summed E-state index contributed by atoms with van der Waals surface area (Å²) in [5.41, 5.74) is 6.60. The summed E-state index contributed by atoms with van der Waals surface area (Å²) >= 11 is 0. The van der Waals surface area contributed by atoms with Gasteiger partial charge < -0.3 is 10.5 Å². The van der Waals surface area contributed by atoms with E-state index in [2.05, 4.69) is 0 Å². The Morgan fingerprint density at radius 2 is 2.10 bits per heavy atom. The summed E-state index contributed by atoms with van der Waals surface area (Å²) in [6, 6.07) is 4.02. The molecular weight excluding hydrogens is 293 g/mol. The number of ether oxygens (including phenoxy) is 1. The average Bonchev–Trinajstić information content (AvgIpc) is 2.37. The first-order chi connectivity index (χ1) is 9.77. The molecule has 118 valence electrons. The van der Waals surface area contributed by atoms with Crippen molar-refractivity contribution in [2.24, 2.45) is 5.73 Å². The molecule has 1 aromatic carbocycles. The summed E-state index contributed by atoms with van der Waals surface area (Å²) < 4.78 is 42.6. The molecule has 0 saturated heterocycles. The van der Waals surface area contributed by atoms with Gasteiger partial charge in [-0.25, -0.2) is 12.8 Å². The molecule has 21 heavy (non-hydrogen) atoms. The van der Waals surface area contributed by atoms with Crippen LogP contribution in [0.1, 0.15) is 44.2 Å². The van der Waals surface area contributed by atoms with Crippen LogP contribution in [0.2, 0.25) is 0 Å². The molecule has 0 aromatic heterocycles. The number of halogens is 1. The number of hydrogen-bond acceptors (Lipinski definition) is 4. The lowest BCUT2D eigenvalue weighted by molar-refractivity contribution is 0.154. The Balaban J connectivity index is 2.16. The van der Waals surface area contributed by atoms with Crippen molar-refractivity contribution in [2.45, 2.75) is 50.0 Å². The zero-order valence-corrected chi connectivity index (χ0v) is 13.2. The van der Waals surface area contributed by atoms with Crippen LogP contribution < -0.4 is 10.5 Å². The number of hydrogen-bond donors (Lipinski definition) is 1. The topological polar surface area (TPSA) is 69.4 Å². The van der Waals surface area contributed by atoms with Crippen LogP contribution in [0.5, 0.6) is 5.75 Å². The molecule has 0 radical (unpaired) electrons. The Morgan fingerprint density at radius 1 is 1.38 bits per heavy atom. The first-order valence-electron chi connectivity index (χ1n) is 7.18. The highest BCUT2D eigenvalue weighted by Crippen LogP contribution is 2.31. The number of sulfone groups is 1. The normalized spacial score (nSPS) is 24.6. The fourth-order valence-electron chi connectivity index (χ4n) is 2.76. The van der Waals surface area contributed by atoms with E-state index < -0.39 is 9.84 Å². The summed E-state index contributed by atoms with van der Waals surface area (Å²) in [6.45, 7) is 1.81. The van der Waals surface area contributed by atoms with Crippen LogP contribution in [0.15, 0.2) is 18.2 Å². The molecule has 0 heterocycles. The predicted octanol–water partition coefficient (Wildman–Crippen LogP) is 2.58. The quantitative estimate of drug-likeness (QED) is 0.927. The fourth-order valence-corrected chi connectivity index (χ4v) is 3.92. The van der Waals surface area contributed by atoms with E-state index >= 15 is 0 Å². The van der Waals surface area contributed by atoms with Crippen molar-refractivity contribution >= 4 is 9.84 Å². The molecular formula is C15H22FNO3S. The average molecular weight is 315 g/mol. The lowest BCUT2D eigenvalue weighted by Crippen LogP contribution is -2.33. The second-order valence-corrected chi connectivity index (χ2v) is 8.15. The van der Waals surface area contributed by atoms with Gasteiger partial charge in [-0.05, 0) is 32.3 Å². The van der Waals surface area contributed by atoms with Crippen molar-refractivity contribution in [1.29, 1.82) is 0 Å². The molecule has 2 N–H and O–H groups in total. The monoisotopic (exact) mass is 315 g/mol. The SMILES string of the molecule is C[C@H](N)c1ccc(F)cc1OC1CCCC(S(C)(=O)=O)C1. The highest BCUT2D eigenvalue weighted by Gasteiger charge is 2.30. The number of rotatable bonds is 4. The minimum atomic E-state index is -3.06. The van der Waals surface area contributed by atoms with Gasteiger partial charge in [0.1, 0.15) is 21.4 Å². The molecule has 0 spiro atoms. The lowest BCUT2D eigenvalue weighted by atomic mass is 9.97. The molecule has 0 amide bonds. The zero-order chi connectivity index (χ0) is 15.6. The Kier molecular flexibility index (Phi) is 4.88. The molecule has 1 aliphatic carbocycles. The van der Waals surface area contributed by atoms with Crippen LogP contribution in [0, 0.1) is 5.82 Å². The molecule has 4 nitrogen and oxygen atoms in total. The molecule has 6 heteroatoms. The van der Waals surface area contributed by atoms with Gasteiger partial charge >= 0.3 is 0 Å². The summed E-state index contributed by atoms with van der Waals surface area (Å²) in [6.07, 6.45) is 3.75. The Hall–Kier alpha value is -1.14. The predicted molar refractivity (Wildman–Crippen MR) is 80.5 cm³/mol. The fraction of sp³-hybridized carbons (Fsp3) is 0.600. The van der Waals surface area contributed by atoms with E-state index in [1.165, 1.54) is 18.4 Å². The Labute approximate surface area is 125 Å². The van der Waals surface area contributed by atoms with Gasteiger partial charge in [-0.1, -0.05) is 6.07 Å². The molecule has 1 saturated carbocycles. The third kappa shape index (κ3) is 4.17. The maximum atomic E-state index is 13.4. The van der Waals surface area contributed by atoms with Crippen molar-refractivity contribution in [1.82, 2.24) is 0 Å². The molecule has 1 aromatic rings. The second kappa shape index (κ2) is 6.32. The van der Waals surface area contributed by atoms with E-state index in [1.807, 2.05) is 0 Å². The van der Waals surface area contributed by atoms with Crippen molar-refractivity contribution in [3.05, 3.63) is 29.6 Å². The molecule has 0 aliphatic heterocycles. The van der Waals surface area contributed by atoms with Gasteiger partial charge in [0.25, 0.3) is 0 Å². The maximum absolute atomic E-state index is 13.4.